The molecule has 2 rings (SSSR count). The molecule has 1 fully saturated rings. The smallest absolute Gasteiger partial charge is 0.0443 e. The van der Waals surface area contributed by atoms with Crippen molar-refractivity contribution in [2.75, 3.05) is 7.05 Å². The summed E-state index contributed by atoms with van der Waals surface area (Å²) in [5, 5.41) is 5.61. The van der Waals surface area contributed by atoms with E-state index in [1.807, 2.05) is 11.3 Å². The first-order chi connectivity index (χ1) is 5.83. The normalized spacial score (nSPS) is 19.5. The Balaban J connectivity index is 2.20. The van der Waals surface area contributed by atoms with Gasteiger partial charge in [0, 0.05) is 10.9 Å². The van der Waals surface area contributed by atoms with E-state index < -0.39 is 0 Å². The molecule has 1 aromatic rings. The lowest BCUT2D eigenvalue weighted by atomic mass is 10.1. The molecule has 1 nitrogen and oxygen atoms in total. The molecular weight excluding hydrogens is 166 g/mol. The summed E-state index contributed by atoms with van der Waals surface area (Å²) in [6.45, 7) is 2.21. The van der Waals surface area contributed by atoms with Crippen LogP contribution < -0.4 is 5.32 Å². The van der Waals surface area contributed by atoms with E-state index in [4.69, 9.17) is 0 Å². The molecule has 1 unspecified atom stereocenters. The average molecular weight is 181 g/mol. The van der Waals surface area contributed by atoms with E-state index in [-0.39, 0.29) is 0 Å². The third-order valence-electron chi connectivity index (χ3n) is 2.59. The van der Waals surface area contributed by atoms with Crippen LogP contribution in [0, 0.1) is 12.8 Å². The van der Waals surface area contributed by atoms with E-state index in [0.717, 1.165) is 5.92 Å². The van der Waals surface area contributed by atoms with Gasteiger partial charge in [-0.3, -0.25) is 0 Å². The van der Waals surface area contributed by atoms with Gasteiger partial charge >= 0.3 is 0 Å². The lowest BCUT2D eigenvalue weighted by molar-refractivity contribution is 0.535. The molecule has 0 bridgehead atoms. The number of rotatable bonds is 3. The molecule has 1 N–H and O–H groups in total. The van der Waals surface area contributed by atoms with Crippen LogP contribution in [0.2, 0.25) is 0 Å². The van der Waals surface area contributed by atoms with Crippen molar-refractivity contribution in [2.24, 2.45) is 5.92 Å². The van der Waals surface area contributed by atoms with Crippen LogP contribution in [-0.4, -0.2) is 7.05 Å². The molecule has 12 heavy (non-hydrogen) atoms. The van der Waals surface area contributed by atoms with Crippen LogP contribution >= 0.6 is 11.3 Å². The lowest BCUT2D eigenvalue weighted by Crippen LogP contribution is -2.17. The Morgan fingerprint density at radius 1 is 1.58 bits per heavy atom. The van der Waals surface area contributed by atoms with E-state index in [1.54, 1.807) is 4.88 Å². The molecule has 0 radical (unpaired) electrons. The minimum Gasteiger partial charge on any atom is -0.312 e. The summed E-state index contributed by atoms with van der Waals surface area (Å²) < 4.78 is 0. The maximum absolute atomic E-state index is 3.42. The second-order valence-electron chi connectivity index (χ2n) is 3.57. The van der Waals surface area contributed by atoms with Crippen LogP contribution in [0.4, 0.5) is 0 Å². The Bertz CT molecular complexity index is 263. The molecule has 0 saturated heterocycles. The fraction of sp³-hybridized carbons (Fsp3) is 0.600. The van der Waals surface area contributed by atoms with E-state index in [9.17, 15) is 0 Å². The van der Waals surface area contributed by atoms with Gasteiger partial charge in [0.2, 0.25) is 0 Å². The summed E-state index contributed by atoms with van der Waals surface area (Å²) in [6.07, 6.45) is 2.81. The number of aryl methyl sites for hydroxylation is 1. The van der Waals surface area contributed by atoms with Crippen LogP contribution in [0.25, 0.3) is 0 Å². The molecule has 1 saturated carbocycles. The Morgan fingerprint density at radius 3 is 2.75 bits per heavy atom. The average Bonchev–Trinajstić information content (AvgIpc) is 2.80. The van der Waals surface area contributed by atoms with Crippen molar-refractivity contribution >= 4 is 11.3 Å². The fourth-order valence-electron chi connectivity index (χ4n) is 1.71. The van der Waals surface area contributed by atoms with Gasteiger partial charge in [-0.1, -0.05) is 0 Å². The Morgan fingerprint density at radius 2 is 2.33 bits per heavy atom. The summed E-state index contributed by atoms with van der Waals surface area (Å²) in [5.41, 5.74) is 1.45. The van der Waals surface area contributed by atoms with Crippen molar-refractivity contribution in [1.29, 1.82) is 0 Å². The first kappa shape index (κ1) is 8.27. The SMILES string of the molecule is CNC(c1sccc1C)C1CC1. The highest BCUT2D eigenvalue weighted by Gasteiger charge is 2.32. The van der Waals surface area contributed by atoms with E-state index in [1.165, 1.54) is 18.4 Å². The molecular formula is C10H15NS. The van der Waals surface area contributed by atoms with Crippen LogP contribution in [0.5, 0.6) is 0 Å². The van der Waals surface area contributed by atoms with Gasteiger partial charge in [-0.2, -0.15) is 0 Å². The number of hydrogen-bond donors (Lipinski definition) is 1. The summed E-state index contributed by atoms with van der Waals surface area (Å²) in [7, 11) is 2.07. The molecule has 66 valence electrons. The molecule has 1 atom stereocenters. The van der Waals surface area contributed by atoms with Gasteiger partial charge in [-0.25, -0.2) is 0 Å². The molecule has 0 aliphatic heterocycles. The minimum absolute atomic E-state index is 0.630. The van der Waals surface area contributed by atoms with Crippen LogP contribution in [0.3, 0.4) is 0 Å². The summed E-state index contributed by atoms with van der Waals surface area (Å²) >= 11 is 1.89. The summed E-state index contributed by atoms with van der Waals surface area (Å²) in [6, 6.07) is 2.84. The third kappa shape index (κ3) is 1.41. The lowest BCUT2D eigenvalue weighted by Gasteiger charge is -2.14. The maximum Gasteiger partial charge on any atom is 0.0443 e. The number of hydrogen-bond acceptors (Lipinski definition) is 2. The zero-order chi connectivity index (χ0) is 8.55. The molecule has 1 heterocycles. The second-order valence-corrected chi connectivity index (χ2v) is 4.52. The van der Waals surface area contributed by atoms with Crippen molar-refractivity contribution in [3.05, 3.63) is 21.9 Å². The van der Waals surface area contributed by atoms with Crippen LogP contribution in [0.1, 0.15) is 29.3 Å². The van der Waals surface area contributed by atoms with Gasteiger partial charge in [0.15, 0.2) is 0 Å². The van der Waals surface area contributed by atoms with Crippen molar-refractivity contribution in [1.82, 2.24) is 5.32 Å². The maximum atomic E-state index is 3.42. The Kier molecular flexibility index (Phi) is 2.20. The van der Waals surface area contributed by atoms with Crippen LogP contribution in [0.15, 0.2) is 11.4 Å². The first-order valence-corrected chi connectivity index (χ1v) is 5.42. The van der Waals surface area contributed by atoms with Gasteiger partial charge in [-0.15, -0.1) is 11.3 Å². The molecule has 0 aromatic carbocycles. The predicted molar refractivity (Wildman–Crippen MR) is 53.6 cm³/mol. The monoisotopic (exact) mass is 181 g/mol. The molecule has 1 aliphatic carbocycles. The van der Waals surface area contributed by atoms with Crippen molar-refractivity contribution in [2.45, 2.75) is 25.8 Å². The number of thiophene rings is 1. The van der Waals surface area contributed by atoms with E-state index >= 15 is 0 Å². The predicted octanol–water partition coefficient (Wildman–Crippen LogP) is 2.73. The fourth-order valence-corrected chi connectivity index (χ4v) is 2.84. The number of nitrogens with one attached hydrogen (secondary N) is 1. The first-order valence-electron chi connectivity index (χ1n) is 4.54. The zero-order valence-corrected chi connectivity index (χ0v) is 8.45. The van der Waals surface area contributed by atoms with Gasteiger partial charge < -0.3 is 5.32 Å². The quantitative estimate of drug-likeness (QED) is 0.756. The molecule has 0 amide bonds. The largest absolute Gasteiger partial charge is 0.312 e. The topological polar surface area (TPSA) is 12.0 Å². The second kappa shape index (κ2) is 3.19. The van der Waals surface area contributed by atoms with Gasteiger partial charge in [-0.05, 0) is 49.7 Å². The minimum atomic E-state index is 0.630. The summed E-state index contributed by atoms with van der Waals surface area (Å²) in [4.78, 5) is 1.54. The van der Waals surface area contributed by atoms with Gasteiger partial charge in [0.25, 0.3) is 0 Å². The standard InChI is InChI=1S/C10H15NS/c1-7-5-6-12-10(7)9(11-2)8-3-4-8/h5-6,8-9,11H,3-4H2,1-2H3. The van der Waals surface area contributed by atoms with E-state index in [0.29, 0.717) is 6.04 Å². The highest BCUT2D eigenvalue weighted by molar-refractivity contribution is 7.10. The zero-order valence-electron chi connectivity index (χ0n) is 7.63. The molecule has 2 heteroatoms. The van der Waals surface area contributed by atoms with E-state index in [2.05, 4.69) is 30.7 Å². The highest BCUT2D eigenvalue weighted by atomic mass is 32.1. The van der Waals surface area contributed by atoms with Gasteiger partial charge in [0.1, 0.15) is 0 Å². The van der Waals surface area contributed by atoms with Crippen molar-refractivity contribution < 1.29 is 0 Å². The highest BCUT2D eigenvalue weighted by Crippen LogP contribution is 2.43. The molecule has 1 aliphatic rings. The third-order valence-corrected chi connectivity index (χ3v) is 3.69. The molecule has 0 spiro atoms. The van der Waals surface area contributed by atoms with Gasteiger partial charge in [0.05, 0.1) is 0 Å². The molecule has 1 aromatic heterocycles. The van der Waals surface area contributed by atoms with Crippen molar-refractivity contribution in [3.63, 3.8) is 0 Å². The van der Waals surface area contributed by atoms with Crippen LogP contribution in [-0.2, 0) is 0 Å². The Labute approximate surface area is 77.8 Å². The summed E-state index contributed by atoms with van der Waals surface area (Å²) in [5.74, 6) is 0.910. The van der Waals surface area contributed by atoms with Crippen molar-refractivity contribution in [3.8, 4) is 0 Å². The Hall–Kier alpha value is -0.340.